The third kappa shape index (κ3) is 2.93. The normalized spacial score (nSPS) is 12.9. The summed E-state index contributed by atoms with van der Waals surface area (Å²) in [6.07, 6.45) is 0. The fourth-order valence-corrected chi connectivity index (χ4v) is 1.78. The van der Waals surface area contributed by atoms with Gasteiger partial charge in [-0.15, -0.1) is 0 Å². The SMILES string of the molecule is CC(C)C(CO)(NCCO)C(C)C. The van der Waals surface area contributed by atoms with Crippen LogP contribution >= 0.6 is 0 Å². The molecule has 0 aromatic carbocycles. The van der Waals surface area contributed by atoms with Gasteiger partial charge in [0.05, 0.1) is 13.2 Å². The van der Waals surface area contributed by atoms with Gasteiger partial charge in [0.25, 0.3) is 0 Å². The Bertz CT molecular complexity index is 127. The first-order chi connectivity index (χ1) is 6.01. The molecule has 0 fully saturated rings. The molecule has 3 N–H and O–H groups in total. The summed E-state index contributed by atoms with van der Waals surface area (Å²) in [6.45, 7) is 9.10. The van der Waals surface area contributed by atoms with Gasteiger partial charge in [-0.25, -0.2) is 0 Å². The van der Waals surface area contributed by atoms with E-state index in [9.17, 15) is 5.11 Å². The summed E-state index contributed by atoms with van der Waals surface area (Å²) in [7, 11) is 0. The predicted octanol–water partition coefficient (Wildman–Crippen LogP) is 0.611. The van der Waals surface area contributed by atoms with E-state index in [1.165, 1.54) is 0 Å². The van der Waals surface area contributed by atoms with Crippen molar-refractivity contribution >= 4 is 0 Å². The Labute approximate surface area is 81.2 Å². The smallest absolute Gasteiger partial charge is 0.0618 e. The van der Waals surface area contributed by atoms with Crippen LogP contribution in [-0.2, 0) is 0 Å². The van der Waals surface area contributed by atoms with Crippen molar-refractivity contribution in [2.45, 2.75) is 33.2 Å². The molecule has 0 rings (SSSR count). The topological polar surface area (TPSA) is 52.5 Å². The van der Waals surface area contributed by atoms with Crippen molar-refractivity contribution in [3.05, 3.63) is 0 Å². The molecule has 0 amide bonds. The molecule has 0 saturated heterocycles. The van der Waals surface area contributed by atoms with Crippen molar-refractivity contribution in [2.75, 3.05) is 19.8 Å². The molecule has 0 saturated carbocycles. The molecule has 0 unspecified atom stereocenters. The molecule has 0 aromatic heterocycles. The van der Waals surface area contributed by atoms with Crippen LogP contribution < -0.4 is 5.32 Å². The quantitative estimate of drug-likeness (QED) is 0.574. The summed E-state index contributed by atoms with van der Waals surface area (Å²) in [5.74, 6) is 0.702. The summed E-state index contributed by atoms with van der Waals surface area (Å²) >= 11 is 0. The number of hydrogen-bond donors (Lipinski definition) is 3. The lowest BCUT2D eigenvalue weighted by Crippen LogP contribution is -2.57. The minimum atomic E-state index is -0.261. The number of aliphatic hydroxyl groups excluding tert-OH is 2. The molecule has 13 heavy (non-hydrogen) atoms. The van der Waals surface area contributed by atoms with Crippen LogP contribution in [0.3, 0.4) is 0 Å². The molecule has 0 heterocycles. The van der Waals surface area contributed by atoms with Crippen molar-refractivity contribution in [2.24, 2.45) is 11.8 Å². The molecule has 0 bridgehead atoms. The van der Waals surface area contributed by atoms with Crippen molar-refractivity contribution in [3.8, 4) is 0 Å². The fraction of sp³-hybridized carbons (Fsp3) is 1.00. The minimum Gasteiger partial charge on any atom is -0.395 e. The van der Waals surface area contributed by atoms with E-state index in [4.69, 9.17) is 5.11 Å². The largest absolute Gasteiger partial charge is 0.395 e. The summed E-state index contributed by atoms with van der Waals surface area (Å²) < 4.78 is 0. The van der Waals surface area contributed by atoms with Crippen LogP contribution in [0.1, 0.15) is 27.7 Å². The molecule has 0 radical (unpaired) electrons. The average molecular weight is 189 g/mol. The third-order valence-electron chi connectivity index (χ3n) is 2.89. The van der Waals surface area contributed by atoms with Gasteiger partial charge in [0.2, 0.25) is 0 Å². The van der Waals surface area contributed by atoms with Crippen molar-refractivity contribution < 1.29 is 10.2 Å². The van der Waals surface area contributed by atoms with E-state index in [-0.39, 0.29) is 18.8 Å². The third-order valence-corrected chi connectivity index (χ3v) is 2.89. The predicted molar refractivity (Wildman–Crippen MR) is 54.6 cm³/mol. The Balaban J connectivity index is 4.45. The summed E-state index contributed by atoms with van der Waals surface area (Å²) in [5, 5.41) is 21.4. The number of nitrogens with one attached hydrogen (secondary N) is 1. The maximum Gasteiger partial charge on any atom is 0.0618 e. The first kappa shape index (κ1) is 12.9. The van der Waals surface area contributed by atoms with Gasteiger partial charge < -0.3 is 15.5 Å². The molecule has 3 heteroatoms. The number of aliphatic hydroxyl groups is 2. The second kappa shape index (κ2) is 5.58. The lowest BCUT2D eigenvalue weighted by Gasteiger charge is -2.40. The van der Waals surface area contributed by atoms with E-state index in [0.29, 0.717) is 18.4 Å². The van der Waals surface area contributed by atoms with Crippen molar-refractivity contribution in [1.29, 1.82) is 0 Å². The van der Waals surface area contributed by atoms with Crippen LogP contribution in [0.2, 0.25) is 0 Å². The highest BCUT2D eigenvalue weighted by molar-refractivity contribution is 4.93. The van der Waals surface area contributed by atoms with Gasteiger partial charge in [-0.3, -0.25) is 0 Å². The Hall–Kier alpha value is -0.120. The summed E-state index contributed by atoms with van der Waals surface area (Å²) in [6, 6.07) is 0. The van der Waals surface area contributed by atoms with Crippen LogP contribution in [0.25, 0.3) is 0 Å². The Morgan fingerprint density at radius 2 is 1.54 bits per heavy atom. The highest BCUT2D eigenvalue weighted by Crippen LogP contribution is 2.25. The van der Waals surface area contributed by atoms with Crippen LogP contribution in [-0.4, -0.2) is 35.5 Å². The van der Waals surface area contributed by atoms with Crippen LogP contribution in [0, 0.1) is 11.8 Å². The molecular formula is C10H23NO2. The summed E-state index contributed by atoms with van der Waals surface area (Å²) in [5.41, 5.74) is -0.261. The molecule has 3 nitrogen and oxygen atoms in total. The van der Waals surface area contributed by atoms with Crippen molar-refractivity contribution in [3.63, 3.8) is 0 Å². The first-order valence-electron chi connectivity index (χ1n) is 4.98. The van der Waals surface area contributed by atoms with Gasteiger partial charge in [0, 0.05) is 12.1 Å². The maximum atomic E-state index is 9.40. The number of hydrogen-bond acceptors (Lipinski definition) is 3. The number of β-amino-alcohol motifs (C(OH)–C–C–N with tert-alkyl or cyclic N) is 1. The highest BCUT2D eigenvalue weighted by Gasteiger charge is 2.35. The van der Waals surface area contributed by atoms with E-state index >= 15 is 0 Å². The monoisotopic (exact) mass is 189 g/mol. The maximum absolute atomic E-state index is 9.40. The average Bonchev–Trinajstić information content (AvgIpc) is 2.05. The van der Waals surface area contributed by atoms with E-state index < -0.39 is 0 Å². The lowest BCUT2D eigenvalue weighted by atomic mass is 9.77. The molecule has 0 aliphatic rings. The van der Waals surface area contributed by atoms with Crippen molar-refractivity contribution in [1.82, 2.24) is 5.32 Å². The second-order valence-electron chi connectivity index (χ2n) is 4.16. The number of rotatable bonds is 6. The van der Waals surface area contributed by atoms with Crippen LogP contribution in [0.4, 0.5) is 0 Å². The van der Waals surface area contributed by atoms with Gasteiger partial charge in [-0.1, -0.05) is 27.7 Å². The van der Waals surface area contributed by atoms with E-state index in [0.717, 1.165) is 0 Å². The molecule has 0 spiro atoms. The molecule has 80 valence electrons. The van der Waals surface area contributed by atoms with Gasteiger partial charge in [0.15, 0.2) is 0 Å². The summed E-state index contributed by atoms with van der Waals surface area (Å²) in [4.78, 5) is 0. The van der Waals surface area contributed by atoms with E-state index in [1.54, 1.807) is 0 Å². The molecule has 0 aliphatic carbocycles. The Morgan fingerprint density at radius 3 is 1.77 bits per heavy atom. The molecule has 0 aliphatic heterocycles. The van der Waals surface area contributed by atoms with Crippen LogP contribution in [0.15, 0.2) is 0 Å². The molecule has 0 atom stereocenters. The standard InChI is InChI=1S/C10H23NO2/c1-8(2)10(7-13,9(3)4)11-5-6-12/h8-9,11-13H,5-7H2,1-4H3. The zero-order valence-corrected chi connectivity index (χ0v) is 9.17. The van der Waals surface area contributed by atoms with E-state index in [2.05, 4.69) is 33.0 Å². The van der Waals surface area contributed by atoms with Gasteiger partial charge in [-0.05, 0) is 11.8 Å². The van der Waals surface area contributed by atoms with E-state index in [1.807, 2.05) is 0 Å². The first-order valence-corrected chi connectivity index (χ1v) is 4.98. The Morgan fingerprint density at radius 1 is 1.08 bits per heavy atom. The zero-order chi connectivity index (χ0) is 10.5. The van der Waals surface area contributed by atoms with Gasteiger partial charge >= 0.3 is 0 Å². The molecule has 0 aromatic rings. The highest BCUT2D eigenvalue weighted by atomic mass is 16.3. The molecular weight excluding hydrogens is 166 g/mol. The Kier molecular flexibility index (Phi) is 5.53. The van der Waals surface area contributed by atoms with Gasteiger partial charge in [-0.2, -0.15) is 0 Å². The minimum absolute atomic E-state index is 0.112. The lowest BCUT2D eigenvalue weighted by molar-refractivity contribution is 0.0704. The zero-order valence-electron chi connectivity index (χ0n) is 9.17. The fourth-order valence-electron chi connectivity index (χ4n) is 1.78. The van der Waals surface area contributed by atoms with Gasteiger partial charge in [0.1, 0.15) is 0 Å². The second-order valence-corrected chi connectivity index (χ2v) is 4.16. The van der Waals surface area contributed by atoms with Crippen LogP contribution in [0.5, 0.6) is 0 Å².